The molecule has 3 aromatic carbocycles. The quantitative estimate of drug-likeness (QED) is 0.485. The summed E-state index contributed by atoms with van der Waals surface area (Å²) in [6.45, 7) is 2.50. The third-order valence-corrected chi connectivity index (χ3v) is 5.65. The molecular formula is C23H20FN3O3S. The van der Waals surface area contributed by atoms with Crippen LogP contribution in [0.15, 0.2) is 83.8 Å². The molecule has 0 saturated carbocycles. The number of ether oxygens (including phenoxy) is 1. The van der Waals surface area contributed by atoms with Crippen LogP contribution in [0.3, 0.4) is 0 Å². The van der Waals surface area contributed by atoms with Crippen molar-refractivity contribution in [3.63, 3.8) is 0 Å². The Labute approximate surface area is 179 Å². The number of primary sulfonamides is 1. The van der Waals surface area contributed by atoms with Crippen LogP contribution >= 0.6 is 0 Å². The van der Waals surface area contributed by atoms with Crippen molar-refractivity contribution in [2.24, 2.45) is 5.14 Å². The summed E-state index contributed by atoms with van der Waals surface area (Å²) >= 11 is 0. The van der Waals surface area contributed by atoms with E-state index in [-0.39, 0.29) is 10.7 Å². The molecule has 0 saturated heterocycles. The van der Waals surface area contributed by atoms with E-state index in [1.165, 1.54) is 24.3 Å². The fourth-order valence-corrected chi connectivity index (χ4v) is 3.73. The Morgan fingerprint density at radius 2 is 1.55 bits per heavy atom. The molecule has 0 unspecified atom stereocenters. The van der Waals surface area contributed by atoms with Crippen molar-refractivity contribution in [2.45, 2.75) is 11.8 Å². The molecule has 0 spiro atoms. The molecule has 0 aliphatic heterocycles. The van der Waals surface area contributed by atoms with Gasteiger partial charge in [0.2, 0.25) is 10.0 Å². The van der Waals surface area contributed by atoms with Crippen LogP contribution in [0.5, 0.6) is 5.75 Å². The van der Waals surface area contributed by atoms with Crippen molar-refractivity contribution in [2.75, 3.05) is 6.61 Å². The summed E-state index contributed by atoms with van der Waals surface area (Å²) in [4.78, 5) is 0.0125. The fraction of sp³-hybridized carbons (Fsp3) is 0.0870. The highest BCUT2D eigenvalue weighted by molar-refractivity contribution is 7.89. The number of hydrogen-bond donors (Lipinski definition) is 1. The zero-order chi connectivity index (χ0) is 22.0. The Morgan fingerprint density at radius 1 is 0.935 bits per heavy atom. The maximum atomic E-state index is 13.4. The minimum absolute atomic E-state index is 0.0125. The molecule has 0 aliphatic rings. The largest absolute Gasteiger partial charge is 0.494 e. The molecule has 0 fully saturated rings. The molecule has 1 heterocycles. The Morgan fingerprint density at radius 3 is 2.13 bits per heavy atom. The molecule has 0 radical (unpaired) electrons. The first-order chi connectivity index (χ1) is 14.8. The highest BCUT2D eigenvalue weighted by atomic mass is 32.2. The van der Waals surface area contributed by atoms with Gasteiger partial charge in [0.05, 0.1) is 28.6 Å². The second-order valence-electron chi connectivity index (χ2n) is 6.83. The maximum absolute atomic E-state index is 13.4. The number of hydrogen-bond acceptors (Lipinski definition) is 4. The van der Waals surface area contributed by atoms with Gasteiger partial charge >= 0.3 is 0 Å². The summed E-state index contributed by atoms with van der Waals surface area (Å²) in [6, 6.07) is 21.7. The predicted octanol–water partition coefficient (Wildman–Crippen LogP) is 4.39. The van der Waals surface area contributed by atoms with Crippen molar-refractivity contribution in [1.29, 1.82) is 0 Å². The number of sulfonamides is 1. The molecule has 6 nitrogen and oxygen atoms in total. The van der Waals surface area contributed by atoms with Gasteiger partial charge < -0.3 is 4.74 Å². The van der Waals surface area contributed by atoms with Crippen LogP contribution < -0.4 is 9.88 Å². The third kappa shape index (κ3) is 4.50. The van der Waals surface area contributed by atoms with Gasteiger partial charge in [-0.15, -0.1) is 0 Å². The van der Waals surface area contributed by atoms with Gasteiger partial charge in [-0.05, 0) is 85.8 Å². The van der Waals surface area contributed by atoms with Gasteiger partial charge in [-0.2, -0.15) is 5.10 Å². The van der Waals surface area contributed by atoms with Gasteiger partial charge in [0.1, 0.15) is 11.6 Å². The Hall–Kier alpha value is -3.49. The van der Waals surface area contributed by atoms with E-state index >= 15 is 0 Å². The van der Waals surface area contributed by atoms with Gasteiger partial charge in [-0.3, -0.25) is 0 Å². The Bertz CT molecular complexity index is 1300. The summed E-state index contributed by atoms with van der Waals surface area (Å²) in [5.74, 6) is 0.432. The maximum Gasteiger partial charge on any atom is 0.238 e. The minimum Gasteiger partial charge on any atom is -0.494 e. The molecule has 0 bridgehead atoms. The van der Waals surface area contributed by atoms with E-state index in [0.29, 0.717) is 18.0 Å². The molecule has 0 amide bonds. The van der Waals surface area contributed by atoms with E-state index < -0.39 is 10.0 Å². The van der Waals surface area contributed by atoms with Gasteiger partial charge in [-0.25, -0.2) is 22.6 Å². The first-order valence-corrected chi connectivity index (χ1v) is 11.1. The lowest BCUT2D eigenvalue weighted by molar-refractivity contribution is 0.340. The summed E-state index contributed by atoms with van der Waals surface area (Å²) in [5, 5.41) is 9.92. The standard InChI is InChI=1S/C23H20FN3O3S/c1-2-30-20-11-5-16(6-12-20)22-15-23(17-3-7-18(24)8-4-17)27(26-22)19-9-13-21(14-10-19)31(25,28)29/h3-15H,2H2,1H3,(H2,25,28,29). The number of aromatic nitrogens is 2. The average Bonchev–Trinajstić information content (AvgIpc) is 3.20. The summed E-state index contributed by atoms with van der Waals surface area (Å²) < 4.78 is 43.8. The summed E-state index contributed by atoms with van der Waals surface area (Å²) in [5.41, 5.74) is 3.72. The van der Waals surface area contributed by atoms with E-state index in [9.17, 15) is 12.8 Å². The topological polar surface area (TPSA) is 87.2 Å². The third-order valence-electron chi connectivity index (χ3n) is 4.72. The SMILES string of the molecule is CCOc1ccc(-c2cc(-c3ccc(F)cc3)n(-c3ccc(S(N)(=O)=O)cc3)n2)cc1. The van der Waals surface area contributed by atoms with Crippen molar-refractivity contribution in [3.8, 4) is 34.0 Å². The summed E-state index contributed by atoms with van der Waals surface area (Å²) in [7, 11) is -3.80. The van der Waals surface area contributed by atoms with Crippen LogP contribution in [0.4, 0.5) is 4.39 Å². The number of rotatable bonds is 6. The summed E-state index contributed by atoms with van der Waals surface area (Å²) in [6.07, 6.45) is 0. The molecule has 8 heteroatoms. The normalized spacial score (nSPS) is 11.5. The van der Waals surface area contributed by atoms with Crippen LogP contribution in [0, 0.1) is 5.82 Å². The van der Waals surface area contributed by atoms with Crippen LogP contribution in [0.1, 0.15) is 6.92 Å². The first-order valence-electron chi connectivity index (χ1n) is 9.57. The highest BCUT2D eigenvalue weighted by Gasteiger charge is 2.15. The lowest BCUT2D eigenvalue weighted by atomic mass is 10.1. The molecule has 158 valence electrons. The molecule has 31 heavy (non-hydrogen) atoms. The first kappa shape index (κ1) is 20.8. The van der Waals surface area contributed by atoms with E-state index in [1.807, 2.05) is 37.3 Å². The number of nitrogens with two attached hydrogens (primary N) is 1. The van der Waals surface area contributed by atoms with Gasteiger partial charge in [-0.1, -0.05) is 0 Å². The molecule has 4 aromatic rings. The Kier molecular flexibility index (Phi) is 5.58. The molecule has 0 aliphatic carbocycles. The van der Waals surface area contributed by atoms with E-state index in [1.54, 1.807) is 28.9 Å². The number of halogens is 1. The molecule has 1 aromatic heterocycles. The van der Waals surface area contributed by atoms with Crippen LogP contribution in [0.2, 0.25) is 0 Å². The lowest BCUT2D eigenvalue weighted by Crippen LogP contribution is -2.12. The molecular weight excluding hydrogens is 417 g/mol. The molecule has 0 atom stereocenters. The van der Waals surface area contributed by atoms with Crippen molar-refractivity contribution in [3.05, 3.63) is 84.7 Å². The predicted molar refractivity (Wildman–Crippen MR) is 117 cm³/mol. The lowest BCUT2D eigenvalue weighted by Gasteiger charge is -2.08. The zero-order valence-corrected chi connectivity index (χ0v) is 17.5. The number of benzene rings is 3. The Balaban J connectivity index is 1.81. The van der Waals surface area contributed by atoms with Crippen molar-refractivity contribution < 1.29 is 17.5 Å². The van der Waals surface area contributed by atoms with E-state index in [2.05, 4.69) is 0 Å². The second-order valence-corrected chi connectivity index (χ2v) is 8.39. The fourth-order valence-electron chi connectivity index (χ4n) is 3.21. The van der Waals surface area contributed by atoms with Crippen LogP contribution in [-0.4, -0.2) is 24.8 Å². The van der Waals surface area contributed by atoms with Crippen LogP contribution in [0.25, 0.3) is 28.2 Å². The van der Waals surface area contributed by atoms with E-state index in [4.69, 9.17) is 15.0 Å². The monoisotopic (exact) mass is 437 g/mol. The zero-order valence-electron chi connectivity index (χ0n) is 16.7. The van der Waals surface area contributed by atoms with Gasteiger partial charge in [0.15, 0.2) is 0 Å². The molecule has 4 rings (SSSR count). The average molecular weight is 437 g/mol. The van der Waals surface area contributed by atoms with Gasteiger partial charge in [0, 0.05) is 11.1 Å². The van der Waals surface area contributed by atoms with Crippen LogP contribution in [-0.2, 0) is 10.0 Å². The smallest absolute Gasteiger partial charge is 0.238 e. The molecule has 2 N–H and O–H groups in total. The van der Waals surface area contributed by atoms with Crippen molar-refractivity contribution in [1.82, 2.24) is 9.78 Å². The minimum atomic E-state index is -3.80. The van der Waals surface area contributed by atoms with Crippen molar-refractivity contribution >= 4 is 10.0 Å². The second kappa shape index (κ2) is 8.33. The number of nitrogens with zero attached hydrogens (tertiary/aromatic N) is 2. The highest BCUT2D eigenvalue weighted by Crippen LogP contribution is 2.30. The van der Waals surface area contributed by atoms with E-state index in [0.717, 1.165) is 22.6 Å². The van der Waals surface area contributed by atoms with Gasteiger partial charge in [0.25, 0.3) is 0 Å².